The summed E-state index contributed by atoms with van der Waals surface area (Å²) >= 11 is 3.43. The second-order valence-electron chi connectivity index (χ2n) is 4.46. The number of hydrogen-bond donors (Lipinski definition) is 1. The van der Waals surface area contributed by atoms with E-state index in [1.807, 2.05) is 26.9 Å². The average molecular weight is 286 g/mol. The molecule has 0 saturated carbocycles. The van der Waals surface area contributed by atoms with Crippen LogP contribution in [0.5, 0.6) is 11.5 Å². The van der Waals surface area contributed by atoms with Crippen molar-refractivity contribution in [3.05, 3.63) is 22.2 Å². The minimum Gasteiger partial charge on any atom is -0.496 e. The van der Waals surface area contributed by atoms with Gasteiger partial charge in [0.1, 0.15) is 19.3 Å². The zero-order chi connectivity index (χ0) is 12.3. The van der Waals surface area contributed by atoms with E-state index < -0.39 is 0 Å². The first-order valence-corrected chi connectivity index (χ1v) is 5.86. The van der Waals surface area contributed by atoms with Crippen LogP contribution < -0.4 is 15.2 Å². The van der Waals surface area contributed by atoms with Crippen LogP contribution in [-0.4, -0.2) is 27.5 Å². The van der Waals surface area contributed by atoms with Gasteiger partial charge in [0.2, 0.25) is 0 Å². The smallest absolute Gasteiger partial charge is 0.133 e. The van der Waals surface area contributed by atoms with Crippen LogP contribution >= 0.6 is 15.9 Å². The average Bonchev–Trinajstić information content (AvgIpc) is 2.18. The molecule has 0 aliphatic heterocycles. The Morgan fingerprint density at radius 1 is 1.31 bits per heavy atom. The van der Waals surface area contributed by atoms with Crippen molar-refractivity contribution in [2.24, 2.45) is 5.73 Å². The van der Waals surface area contributed by atoms with Gasteiger partial charge in [-0.25, -0.2) is 0 Å². The van der Waals surface area contributed by atoms with Crippen LogP contribution in [-0.2, 0) is 6.42 Å². The third-order valence-electron chi connectivity index (χ3n) is 2.20. The van der Waals surface area contributed by atoms with Crippen LogP contribution in [0.25, 0.3) is 0 Å². The minimum absolute atomic E-state index is 0.272. The Hall–Kier alpha value is -0.675. The fourth-order valence-corrected chi connectivity index (χ4v) is 2.04. The van der Waals surface area contributed by atoms with Crippen molar-refractivity contribution >= 4 is 23.8 Å². The maximum Gasteiger partial charge on any atom is 0.133 e. The van der Waals surface area contributed by atoms with Gasteiger partial charge in [-0.15, -0.1) is 0 Å². The molecule has 16 heavy (non-hydrogen) atoms. The second-order valence-corrected chi connectivity index (χ2v) is 5.32. The first-order valence-electron chi connectivity index (χ1n) is 5.06. The molecule has 88 valence electrons. The fraction of sp³-hybridized carbons (Fsp3) is 0.455. The van der Waals surface area contributed by atoms with Gasteiger partial charge in [0, 0.05) is 0 Å². The molecule has 0 radical (unpaired) electrons. The van der Waals surface area contributed by atoms with Gasteiger partial charge in [0.15, 0.2) is 0 Å². The molecule has 2 N–H and O–H groups in total. The predicted octanol–water partition coefficient (Wildman–Crippen LogP) is 1.32. The lowest BCUT2D eigenvalue weighted by molar-refractivity contribution is 0.394. The normalized spacial score (nSPS) is 14.3. The van der Waals surface area contributed by atoms with Crippen LogP contribution in [0, 0.1) is 0 Å². The summed E-state index contributed by atoms with van der Waals surface area (Å²) in [5.41, 5.74) is 6.79. The number of halogens is 1. The zero-order valence-corrected chi connectivity index (χ0v) is 11.7. The van der Waals surface area contributed by atoms with Gasteiger partial charge < -0.3 is 15.2 Å². The Balaban J connectivity index is 3.15. The molecular weight excluding hydrogens is 269 g/mol. The number of benzene rings is 1. The maximum absolute atomic E-state index is 6.01. The lowest BCUT2D eigenvalue weighted by atomic mass is 9.76. The van der Waals surface area contributed by atoms with Gasteiger partial charge in [-0.1, -0.05) is 6.92 Å². The molecule has 0 aromatic heterocycles. The van der Waals surface area contributed by atoms with Crippen LogP contribution in [0.1, 0.15) is 12.5 Å². The van der Waals surface area contributed by atoms with Crippen molar-refractivity contribution in [1.82, 2.24) is 0 Å². The Kier molecular flexibility index (Phi) is 4.27. The van der Waals surface area contributed by atoms with E-state index in [1.165, 1.54) is 0 Å². The van der Waals surface area contributed by atoms with Crippen LogP contribution in [0.3, 0.4) is 0 Å². The van der Waals surface area contributed by atoms with Crippen molar-refractivity contribution in [2.75, 3.05) is 14.2 Å². The molecule has 0 aliphatic rings. The zero-order valence-electron chi connectivity index (χ0n) is 10.1. The van der Waals surface area contributed by atoms with E-state index in [1.54, 1.807) is 14.2 Å². The van der Waals surface area contributed by atoms with E-state index in [-0.39, 0.29) is 5.44 Å². The molecule has 0 saturated heterocycles. The number of rotatable bonds is 4. The molecular formula is C11H17BBrNO2. The molecule has 0 amide bonds. The van der Waals surface area contributed by atoms with Gasteiger partial charge in [0.25, 0.3) is 0 Å². The molecule has 0 spiro atoms. The molecule has 0 bridgehead atoms. The standard InChI is InChI=1S/C11H17BBrNO2/c1-11(12,14)6-7-4-10(16-3)8(13)5-9(7)15-2/h4-5H,6,12,14H2,1-3H3. The molecule has 3 nitrogen and oxygen atoms in total. The van der Waals surface area contributed by atoms with Crippen LogP contribution in [0.15, 0.2) is 16.6 Å². The molecule has 1 rings (SSSR count). The van der Waals surface area contributed by atoms with Gasteiger partial charge in [-0.2, -0.15) is 0 Å². The fourth-order valence-electron chi connectivity index (χ4n) is 1.55. The molecule has 1 atom stereocenters. The van der Waals surface area contributed by atoms with Crippen molar-refractivity contribution in [3.8, 4) is 11.5 Å². The third-order valence-corrected chi connectivity index (χ3v) is 2.82. The Morgan fingerprint density at radius 2 is 1.88 bits per heavy atom. The van der Waals surface area contributed by atoms with E-state index in [0.717, 1.165) is 28.0 Å². The third kappa shape index (κ3) is 3.42. The first-order chi connectivity index (χ1) is 7.37. The quantitative estimate of drug-likeness (QED) is 0.849. The van der Waals surface area contributed by atoms with E-state index in [9.17, 15) is 0 Å². The highest BCUT2D eigenvalue weighted by molar-refractivity contribution is 9.10. The SMILES string of the molecule is BC(C)(N)Cc1cc(OC)c(Br)cc1OC. The lowest BCUT2D eigenvalue weighted by Gasteiger charge is -2.21. The summed E-state index contributed by atoms with van der Waals surface area (Å²) in [6.07, 6.45) is 0.736. The Bertz CT molecular complexity index is 377. The first kappa shape index (κ1) is 13.4. The summed E-state index contributed by atoms with van der Waals surface area (Å²) in [5, 5.41) is 0. The van der Waals surface area contributed by atoms with Gasteiger partial charge >= 0.3 is 0 Å². The van der Waals surface area contributed by atoms with Crippen molar-refractivity contribution in [3.63, 3.8) is 0 Å². The summed E-state index contributed by atoms with van der Waals surface area (Å²) < 4.78 is 11.5. The molecule has 1 aromatic rings. The number of ether oxygens (including phenoxy) is 2. The number of nitrogens with two attached hydrogens (primary N) is 1. The molecule has 1 unspecified atom stereocenters. The second kappa shape index (κ2) is 5.10. The van der Waals surface area contributed by atoms with Crippen molar-refractivity contribution in [1.29, 1.82) is 0 Å². The van der Waals surface area contributed by atoms with Crippen molar-refractivity contribution < 1.29 is 9.47 Å². The van der Waals surface area contributed by atoms with Crippen molar-refractivity contribution in [2.45, 2.75) is 18.8 Å². The molecule has 0 heterocycles. The minimum atomic E-state index is -0.272. The van der Waals surface area contributed by atoms with Gasteiger partial charge in [-0.3, -0.25) is 0 Å². The summed E-state index contributed by atoms with van der Waals surface area (Å²) in [7, 11) is 5.28. The van der Waals surface area contributed by atoms with E-state index in [4.69, 9.17) is 15.2 Å². The largest absolute Gasteiger partial charge is 0.496 e. The molecule has 0 fully saturated rings. The number of hydrogen-bond acceptors (Lipinski definition) is 3. The van der Waals surface area contributed by atoms with Gasteiger partial charge in [-0.05, 0) is 45.5 Å². The highest BCUT2D eigenvalue weighted by Gasteiger charge is 2.17. The Morgan fingerprint density at radius 3 is 2.31 bits per heavy atom. The summed E-state index contributed by atoms with van der Waals surface area (Å²) in [6, 6.07) is 3.86. The summed E-state index contributed by atoms with van der Waals surface area (Å²) in [5.74, 6) is 1.62. The highest BCUT2D eigenvalue weighted by atomic mass is 79.9. The number of methoxy groups -OCH3 is 2. The highest BCUT2D eigenvalue weighted by Crippen LogP contribution is 2.33. The molecule has 5 heteroatoms. The lowest BCUT2D eigenvalue weighted by Crippen LogP contribution is -2.38. The maximum atomic E-state index is 6.01. The van der Waals surface area contributed by atoms with Crippen LogP contribution in [0.4, 0.5) is 0 Å². The summed E-state index contributed by atoms with van der Waals surface area (Å²) in [4.78, 5) is 0. The summed E-state index contributed by atoms with van der Waals surface area (Å²) in [6.45, 7) is 1.99. The monoisotopic (exact) mass is 285 g/mol. The van der Waals surface area contributed by atoms with E-state index in [0.29, 0.717) is 0 Å². The van der Waals surface area contributed by atoms with E-state index >= 15 is 0 Å². The Labute approximate surface area is 106 Å². The predicted molar refractivity (Wildman–Crippen MR) is 72.1 cm³/mol. The molecule has 0 aliphatic carbocycles. The van der Waals surface area contributed by atoms with Gasteiger partial charge in [0.05, 0.1) is 18.7 Å². The van der Waals surface area contributed by atoms with E-state index in [2.05, 4.69) is 15.9 Å². The van der Waals surface area contributed by atoms with Crippen LogP contribution in [0.2, 0.25) is 0 Å². The molecule has 1 aromatic carbocycles. The topological polar surface area (TPSA) is 44.5 Å².